The Morgan fingerprint density at radius 1 is 1.13 bits per heavy atom. The second-order valence-corrected chi connectivity index (χ2v) is 4.76. The number of nitrogens with zero attached hydrogens (tertiary/aromatic N) is 5. The lowest BCUT2D eigenvalue weighted by molar-refractivity contribution is -0.121. The van der Waals surface area contributed by atoms with Crippen molar-refractivity contribution < 1.29 is 4.79 Å². The Kier molecular flexibility index (Phi) is 4.23. The first kappa shape index (κ1) is 14.6. The van der Waals surface area contributed by atoms with Gasteiger partial charge in [-0.3, -0.25) is 13.9 Å². The molecule has 0 aromatic carbocycles. The van der Waals surface area contributed by atoms with Crippen molar-refractivity contribution in [1.82, 2.24) is 29.4 Å². The number of pyridine rings is 1. The SMILES string of the molecule is O=C(Cn1cccnc1=O)NCc1cccnc1-n1ccnc1. The maximum absolute atomic E-state index is 12.0. The zero-order valence-corrected chi connectivity index (χ0v) is 12.2. The van der Waals surface area contributed by atoms with E-state index < -0.39 is 5.69 Å². The van der Waals surface area contributed by atoms with E-state index >= 15 is 0 Å². The molecule has 3 rings (SSSR count). The van der Waals surface area contributed by atoms with Crippen molar-refractivity contribution in [3.8, 4) is 5.82 Å². The highest BCUT2D eigenvalue weighted by molar-refractivity contribution is 5.75. The summed E-state index contributed by atoms with van der Waals surface area (Å²) in [6.45, 7) is 0.225. The molecule has 3 heterocycles. The van der Waals surface area contributed by atoms with Crippen LogP contribution >= 0.6 is 0 Å². The van der Waals surface area contributed by atoms with Gasteiger partial charge < -0.3 is 5.32 Å². The Morgan fingerprint density at radius 2 is 2.00 bits per heavy atom. The van der Waals surface area contributed by atoms with Crippen LogP contribution < -0.4 is 11.0 Å². The van der Waals surface area contributed by atoms with Gasteiger partial charge in [-0.25, -0.2) is 19.7 Å². The van der Waals surface area contributed by atoms with Crippen molar-refractivity contribution in [2.45, 2.75) is 13.1 Å². The van der Waals surface area contributed by atoms with Crippen molar-refractivity contribution in [2.75, 3.05) is 0 Å². The standard InChI is InChI=1S/C15H14N6O2/c22-13(10-20-7-2-5-18-15(20)23)19-9-12-3-1-4-17-14(12)21-8-6-16-11-21/h1-8,11H,9-10H2,(H,19,22). The third-order valence-corrected chi connectivity index (χ3v) is 3.19. The van der Waals surface area contributed by atoms with E-state index in [9.17, 15) is 9.59 Å². The van der Waals surface area contributed by atoms with Crippen LogP contribution in [0.3, 0.4) is 0 Å². The Bertz CT molecular complexity index is 856. The van der Waals surface area contributed by atoms with E-state index in [2.05, 4.69) is 20.3 Å². The van der Waals surface area contributed by atoms with Crippen LogP contribution in [-0.2, 0) is 17.9 Å². The van der Waals surface area contributed by atoms with Crippen molar-refractivity contribution in [3.63, 3.8) is 0 Å². The molecule has 0 aliphatic heterocycles. The second kappa shape index (κ2) is 6.65. The number of hydrogen-bond acceptors (Lipinski definition) is 5. The predicted octanol–water partition coefficient (Wildman–Crippen LogP) is 0.140. The van der Waals surface area contributed by atoms with Crippen LogP contribution in [0.5, 0.6) is 0 Å². The molecule has 3 aromatic heterocycles. The zero-order chi connectivity index (χ0) is 16.1. The van der Waals surface area contributed by atoms with Gasteiger partial charge in [-0.15, -0.1) is 0 Å². The van der Waals surface area contributed by atoms with Crippen LogP contribution in [0, 0.1) is 0 Å². The van der Waals surface area contributed by atoms with E-state index in [-0.39, 0.29) is 12.5 Å². The van der Waals surface area contributed by atoms with E-state index in [1.165, 1.54) is 17.0 Å². The van der Waals surface area contributed by atoms with Crippen molar-refractivity contribution in [1.29, 1.82) is 0 Å². The molecule has 3 aromatic rings. The molecule has 0 unspecified atom stereocenters. The predicted molar refractivity (Wildman–Crippen MR) is 81.7 cm³/mol. The van der Waals surface area contributed by atoms with E-state index in [1.54, 1.807) is 41.6 Å². The number of imidazole rings is 1. The third kappa shape index (κ3) is 3.49. The highest BCUT2D eigenvalue weighted by Gasteiger charge is 2.08. The van der Waals surface area contributed by atoms with E-state index in [4.69, 9.17) is 0 Å². The fourth-order valence-corrected chi connectivity index (χ4v) is 2.10. The Hall–Kier alpha value is -3.29. The third-order valence-electron chi connectivity index (χ3n) is 3.19. The van der Waals surface area contributed by atoms with Gasteiger partial charge in [-0.1, -0.05) is 6.07 Å². The Labute approximate surface area is 131 Å². The van der Waals surface area contributed by atoms with Crippen molar-refractivity contribution >= 4 is 5.91 Å². The molecule has 8 nitrogen and oxygen atoms in total. The first-order valence-electron chi connectivity index (χ1n) is 6.94. The molecular weight excluding hydrogens is 296 g/mol. The summed E-state index contributed by atoms with van der Waals surface area (Å²) in [5, 5.41) is 2.78. The van der Waals surface area contributed by atoms with Gasteiger partial charge in [0.2, 0.25) is 5.91 Å². The van der Waals surface area contributed by atoms with Crippen molar-refractivity contribution in [2.24, 2.45) is 0 Å². The van der Waals surface area contributed by atoms with E-state index in [1.807, 2.05) is 6.07 Å². The van der Waals surface area contributed by atoms with Crippen LogP contribution in [0.25, 0.3) is 5.82 Å². The minimum atomic E-state index is -0.455. The minimum Gasteiger partial charge on any atom is -0.350 e. The maximum atomic E-state index is 12.0. The number of amides is 1. The molecule has 8 heteroatoms. The van der Waals surface area contributed by atoms with Gasteiger partial charge in [0.1, 0.15) is 18.7 Å². The summed E-state index contributed by atoms with van der Waals surface area (Å²) in [5.74, 6) is 0.421. The van der Waals surface area contributed by atoms with Gasteiger partial charge in [-0.2, -0.15) is 0 Å². The summed E-state index contributed by atoms with van der Waals surface area (Å²) in [7, 11) is 0. The summed E-state index contributed by atoms with van der Waals surface area (Å²) in [5.41, 5.74) is 0.389. The molecule has 0 bridgehead atoms. The van der Waals surface area contributed by atoms with Gasteiger partial charge in [-0.05, 0) is 12.1 Å². The number of nitrogens with one attached hydrogen (secondary N) is 1. The largest absolute Gasteiger partial charge is 0.350 e. The minimum absolute atomic E-state index is 0.0760. The highest BCUT2D eigenvalue weighted by atomic mass is 16.2. The van der Waals surface area contributed by atoms with Crippen LogP contribution in [0.4, 0.5) is 0 Å². The van der Waals surface area contributed by atoms with Crippen LogP contribution in [0.2, 0.25) is 0 Å². The number of carbonyl (C=O) groups is 1. The molecule has 1 N–H and O–H groups in total. The Balaban J connectivity index is 1.68. The number of hydrogen-bond donors (Lipinski definition) is 1. The summed E-state index contributed by atoms with van der Waals surface area (Å²) in [6.07, 6.45) is 9.67. The lowest BCUT2D eigenvalue weighted by atomic mass is 10.2. The van der Waals surface area contributed by atoms with Crippen molar-refractivity contribution in [3.05, 3.63) is 71.6 Å². The summed E-state index contributed by atoms with van der Waals surface area (Å²) < 4.78 is 3.02. The molecule has 0 aliphatic rings. The molecule has 0 saturated heterocycles. The van der Waals surface area contributed by atoms with Crippen LogP contribution in [-0.4, -0.2) is 30.0 Å². The summed E-state index contributed by atoms with van der Waals surface area (Å²) in [4.78, 5) is 35.4. The van der Waals surface area contributed by atoms with E-state index in [0.29, 0.717) is 12.4 Å². The molecule has 0 saturated carbocycles. The molecule has 0 atom stereocenters. The second-order valence-electron chi connectivity index (χ2n) is 4.76. The van der Waals surface area contributed by atoms with E-state index in [0.717, 1.165) is 5.56 Å². The Morgan fingerprint density at radius 3 is 2.78 bits per heavy atom. The lowest BCUT2D eigenvalue weighted by Gasteiger charge is -2.10. The molecular formula is C15H14N6O2. The smallest absolute Gasteiger partial charge is 0.347 e. The van der Waals surface area contributed by atoms with Crippen LogP contribution in [0.15, 0.2) is 60.3 Å². The molecule has 116 valence electrons. The van der Waals surface area contributed by atoms with Gasteiger partial charge in [0.15, 0.2) is 0 Å². The van der Waals surface area contributed by atoms with Gasteiger partial charge in [0, 0.05) is 43.1 Å². The molecule has 0 aliphatic carbocycles. The zero-order valence-electron chi connectivity index (χ0n) is 12.2. The van der Waals surface area contributed by atoms with Crippen LogP contribution in [0.1, 0.15) is 5.56 Å². The molecule has 0 radical (unpaired) electrons. The number of carbonyl (C=O) groups excluding carboxylic acids is 1. The molecule has 1 amide bonds. The van der Waals surface area contributed by atoms with Gasteiger partial charge in [0.05, 0.1) is 0 Å². The maximum Gasteiger partial charge on any atom is 0.347 e. The first-order chi connectivity index (χ1) is 11.2. The normalized spacial score (nSPS) is 10.4. The fraction of sp³-hybridized carbons (Fsp3) is 0.133. The summed E-state index contributed by atoms with van der Waals surface area (Å²) >= 11 is 0. The first-order valence-corrected chi connectivity index (χ1v) is 6.94. The highest BCUT2D eigenvalue weighted by Crippen LogP contribution is 2.10. The van der Waals surface area contributed by atoms with Gasteiger partial charge >= 0.3 is 5.69 Å². The average Bonchev–Trinajstić information content (AvgIpc) is 3.10. The lowest BCUT2D eigenvalue weighted by Crippen LogP contribution is -2.32. The fourth-order valence-electron chi connectivity index (χ4n) is 2.10. The molecule has 0 fully saturated rings. The molecule has 23 heavy (non-hydrogen) atoms. The number of aromatic nitrogens is 5. The monoisotopic (exact) mass is 310 g/mol. The topological polar surface area (TPSA) is 94.7 Å². The number of rotatable bonds is 5. The molecule has 0 spiro atoms. The van der Waals surface area contributed by atoms with Gasteiger partial charge in [0.25, 0.3) is 0 Å². The quantitative estimate of drug-likeness (QED) is 0.723. The average molecular weight is 310 g/mol. The summed E-state index contributed by atoms with van der Waals surface area (Å²) in [6, 6.07) is 5.28.